The molecule has 18 heavy (non-hydrogen) atoms. The first-order chi connectivity index (χ1) is 8.58. The average Bonchev–Trinajstić information content (AvgIpc) is 2.34. The van der Waals surface area contributed by atoms with Gasteiger partial charge in [-0.2, -0.15) is 5.26 Å². The van der Waals surface area contributed by atoms with E-state index in [1.165, 1.54) is 6.07 Å². The molecule has 0 aromatic heterocycles. The Balaban J connectivity index is 2.57. The van der Waals surface area contributed by atoms with Crippen LogP contribution in [-0.4, -0.2) is 24.6 Å². The number of hydrogen-bond donors (Lipinski definition) is 1. The van der Waals surface area contributed by atoms with Crippen molar-refractivity contribution in [1.29, 1.82) is 5.26 Å². The molecule has 1 rings (SSSR count). The fraction of sp³-hybridized carbons (Fsp3) is 0.417. The van der Waals surface area contributed by atoms with Gasteiger partial charge in [-0.05, 0) is 26.1 Å². The van der Waals surface area contributed by atoms with Crippen molar-refractivity contribution < 1.29 is 9.66 Å². The Kier molecular flexibility index (Phi) is 5.08. The fourth-order valence-electron chi connectivity index (χ4n) is 1.49. The van der Waals surface area contributed by atoms with E-state index in [2.05, 4.69) is 11.4 Å². The van der Waals surface area contributed by atoms with Crippen molar-refractivity contribution in [2.24, 2.45) is 0 Å². The van der Waals surface area contributed by atoms with Crippen LogP contribution in [0.25, 0.3) is 0 Å². The van der Waals surface area contributed by atoms with Gasteiger partial charge in [0.1, 0.15) is 5.75 Å². The molecule has 96 valence electrons. The highest BCUT2D eigenvalue weighted by Gasteiger charge is 2.11. The van der Waals surface area contributed by atoms with Gasteiger partial charge in [-0.25, -0.2) is 0 Å². The Hall–Kier alpha value is -2.13. The van der Waals surface area contributed by atoms with E-state index in [1.54, 1.807) is 26.1 Å². The molecule has 0 saturated carbocycles. The van der Waals surface area contributed by atoms with Crippen LogP contribution in [0.4, 0.5) is 5.69 Å². The quantitative estimate of drug-likeness (QED) is 0.613. The van der Waals surface area contributed by atoms with Crippen molar-refractivity contribution in [3.8, 4) is 11.8 Å². The third-order valence-electron chi connectivity index (χ3n) is 2.54. The van der Waals surface area contributed by atoms with Gasteiger partial charge in [-0.15, -0.1) is 0 Å². The number of benzene rings is 1. The maximum atomic E-state index is 10.6. The lowest BCUT2D eigenvalue weighted by Crippen LogP contribution is -2.25. The molecule has 0 aliphatic heterocycles. The number of nitrogens with one attached hydrogen (secondary N) is 1. The summed E-state index contributed by atoms with van der Waals surface area (Å²) in [5.41, 5.74) is 0.635. The molecule has 0 saturated heterocycles. The van der Waals surface area contributed by atoms with Crippen LogP contribution in [0, 0.1) is 28.4 Å². The number of nitriles is 1. The van der Waals surface area contributed by atoms with Crippen molar-refractivity contribution in [2.75, 3.05) is 13.7 Å². The van der Waals surface area contributed by atoms with E-state index in [4.69, 9.17) is 10.00 Å². The van der Waals surface area contributed by atoms with Gasteiger partial charge in [0.05, 0.1) is 23.6 Å². The van der Waals surface area contributed by atoms with Crippen LogP contribution in [0.1, 0.15) is 12.0 Å². The molecule has 6 heteroatoms. The zero-order chi connectivity index (χ0) is 13.5. The van der Waals surface area contributed by atoms with Gasteiger partial charge >= 0.3 is 0 Å². The lowest BCUT2D eigenvalue weighted by Gasteiger charge is -2.09. The van der Waals surface area contributed by atoms with Crippen LogP contribution in [0.3, 0.4) is 0 Å². The van der Waals surface area contributed by atoms with Gasteiger partial charge in [-0.1, -0.05) is 0 Å². The van der Waals surface area contributed by atoms with E-state index in [-0.39, 0.29) is 11.7 Å². The summed E-state index contributed by atoms with van der Waals surface area (Å²) in [5.74, 6) is 0.575. The van der Waals surface area contributed by atoms with Gasteiger partial charge in [0.15, 0.2) is 0 Å². The number of rotatable bonds is 6. The van der Waals surface area contributed by atoms with Gasteiger partial charge in [-0.3, -0.25) is 10.1 Å². The fourth-order valence-corrected chi connectivity index (χ4v) is 1.49. The summed E-state index contributed by atoms with van der Waals surface area (Å²) < 4.78 is 5.44. The molecule has 0 fully saturated rings. The predicted octanol–water partition coefficient (Wildman–Crippen LogP) is 1.78. The smallest absolute Gasteiger partial charge is 0.272 e. The Labute approximate surface area is 105 Å². The Morgan fingerprint density at radius 1 is 1.61 bits per heavy atom. The highest BCUT2D eigenvalue weighted by molar-refractivity contribution is 5.44. The predicted molar refractivity (Wildman–Crippen MR) is 66.4 cm³/mol. The molecule has 1 unspecified atom stereocenters. The number of ether oxygens (including phenoxy) is 1. The van der Waals surface area contributed by atoms with Crippen LogP contribution in [-0.2, 0) is 0 Å². The van der Waals surface area contributed by atoms with Gasteiger partial charge in [0.25, 0.3) is 5.69 Å². The zero-order valence-electron chi connectivity index (χ0n) is 10.3. The van der Waals surface area contributed by atoms with Crippen molar-refractivity contribution in [3.05, 3.63) is 33.9 Å². The Bertz CT molecular complexity index is 468. The molecule has 0 aliphatic carbocycles. The van der Waals surface area contributed by atoms with Gasteiger partial charge in [0, 0.05) is 18.1 Å². The standard InChI is InChI=1S/C12H15N3O3/c1-9-7-11(3-4-12(9)15(16)17)18-6-5-10(8-13)14-2/h3-4,7,10,14H,5-6H2,1-2H3. The van der Waals surface area contributed by atoms with E-state index in [0.717, 1.165) is 0 Å². The molecular weight excluding hydrogens is 234 g/mol. The maximum absolute atomic E-state index is 10.6. The highest BCUT2D eigenvalue weighted by atomic mass is 16.6. The van der Waals surface area contributed by atoms with Crippen molar-refractivity contribution in [1.82, 2.24) is 5.32 Å². The second-order valence-corrected chi connectivity index (χ2v) is 3.81. The first-order valence-electron chi connectivity index (χ1n) is 5.53. The van der Waals surface area contributed by atoms with Gasteiger partial charge in [0.2, 0.25) is 0 Å². The molecule has 0 radical (unpaired) electrons. The highest BCUT2D eigenvalue weighted by Crippen LogP contribution is 2.23. The minimum absolute atomic E-state index is 0.0764. The largest absolute Gasteiger partial charge is 0.493 e. The maximum Gasteiger partial charge on any atom is 0.272 e. The van der Waals surface area contributed by atoms with Crippen LogP contribution in [0.15, 0.2) is 18.2 Å². The number of nitro groups is 1. The topological polar surface area (TPSA) is 88.2 Å². The molecule has 0 amide bonds. The number of hydrogen-bond acceptors (Lipinski definition) is 5. The van der Waals surface area contributed by atoms with E-state index < -0.39 is 4.92 Å². The molecule has 0 aliphatic rings. The van der Waals surface area contributed by atoms with E-state index in [0.29, 0.717) is 24.3 Å². The SMILES string of the molecule is CNC(C#N)CCOc1ccc([N+](=O)[O-])c(C)c1. The lowest BCUT2D eigenvalue weighted by molar-refractivity contribution is -0.385. The first-order valence-corrected chi connectivity index (χ1v) is 5.53. The normalized spacial score (nSPS) is 11.6. The lowest BCUT2D eigenvalue weighted by atomic mass is 10.2. The van der Waals surface area contributed by atoms with Crippen LogP contribution >= 0.6 is 0 Å². The molecule has 6 nitrogen and oxygen atoms in total. The van der Waals surface area contributed by atoms with Crippen LogP contribution in [0.2, 0.25) is 0 Å². The number of aryl methyl sites for hydroxylation is 1. The molecular formula is C12H15N3O3. The molecule has 0 heterocycles. The molecule has 1 aromatic rings. The monoisotopic (exact) mass is 249 g/mol. The second kappa shape index (κ2) is 6.57. The van der Waals surface area contributed by atoms with Gasteiger partial charge < -0.3 is 10.1 Å². The molecule has 0 bridgehead atoms. The molecule has 1 atom stereocenters. The summed E-state index contributed by atoms with van der Waals surface area (Å²) in [6, 6.07) is 6.45. The van der Waals surface area contributed by atoms with Crippen molar-refractivity contribution in [2.45, 2.75) is 19.4 Å². The summed E-state index contributed by atoms with van der Waals surface area (Å²) in [6.45, 7) is 2.05. The van der Waals surface area contributed by atoms with E-state index in [1.807, 2.05) is 0 Å². The minimum Gasteiger partial charge on any atom is -0.493 e. The average molecular weight is 249 g/mol. The molecule has 1 N–H and O–H groups in total. The number of nitrogens with zero attached hydrogens (tertiary/aromatic N) is 2. The number of nitro benzene ring substituents is 1. The third kappa shape index (κ3) is 3.71. The summed E-state index contributed by atoms with van der Waals surface area (Å²) in [6.07, 6.45) is 0.559. The third-order valence-corrected chi connectivity index (χ3v) is 2.54. The van der Waals surface area contributed by atoms with Crippen LogP contribution in [0.5, 0.6) is 5.75 Å². The summed E-state index contributed by atoms with van der Waals surface area (Å²) >= 11 is 0. The van der Waals surface area contributed by atoms with E-state index >= 15 is 0 Å². The Morgan fingerprint density at radius 3 is 2.83 bits per heavy atom. The second-order valence-electron chi connectivity index (χ2n) is 3.81. The van der Waals surface area contributed by atoms with E-state index in [9.17, 15) is 10.1 Å². The minimum atomic E-state index is -0.425. The summed E-state index contributed by atoms with van der Waals surface area (Å²) in [4.78, 5) is 10.2. The Morgan fingerprint density at radius 2 is 2.33 bits per heavy atom. The van der Waals surface area contributed by atoms with Crippen LogP contribution < -0.4 is 10.1 Å². The zero-order valence-corrected chi connectivity index (χ0v) is 10.3. The molecule has 1 aromatic carbocycles. The first kappa shape index (κ1) is 13.9. The summed E-state index contributed by atoms with van der Waals surface area (Å²) in [5, 5.41) is 22.2. The van der Waals surface area contributed by atoms with Crippen molar-refractivity contribution in [3.63, 3.8) is 0 Å². The molecule has 0 spiro atoms. The van der Waals surface area contributed by atoms with Crippen molar-refractivity contribution >= 4 is 5.69 Å². The summed E-state index contributed by atoms with van der Waals surface area (Å²) in [7, 11) is 1.71.